The molecule has 1 rings (SSSR count). The zero-order valence-electron chi connectivity index (χ0n) is 9.60. The van der Waals surface area contributed by atoms with Crippen molar-refractivity contribution in [2.45, 2.75) is 33.0 Å². The Morgan fingerprint density at radius 3 is 2.12 bits per heavy atom. The Hall–Kier alpha value is -1.03. The predicted octanol–water partition coefficient (Wildman–Crippen LogP) is 3.75. The van der Waals surface area contributed by atoms with Crippen LogP contribution in [0.4, 0.5) is 13.2 Å². The zero-order valence-corrected chi connectivity index (χ0v) is 9.60. The third-order valence-electron chi connectivity index (χ3n) is 2.51. The van der Waals surface area contributed by atoms with E-state index in [9.17, 15) is 13.2 Å². The van der Waals surface area contributed by atoms with Crippen molar-refractivity contribution in [1.29, 1.82) is 0 Å². The SMILES string of the molecule is CC(C)(C)[C@@H](N)c1cccc(C(F)(F)F)c1. The zero-order chi connectivity index (χ0) is 12.6. The molecule has 0 aliphatic rings. The van der Waals surface area contributed by atoms with Gasteiger partial charge < -0.3 is 5.73 Å². The molecular weight excluding hydrogens is 215 g/mol. The Balaban J connectivity index is 3.09. The molecule has 1 aromatic carbocycles. The summed E-state index contributed by atoms with van der Waals surface area (Å²) in [7, 11) is 0. The van der Waals surface area contributed by atoms with Gasteiger partial charge in [-0.05, 0) is 23.1 Å². The molecule has 90 valence electrons. The minimum absolute atomic E-state index is 0.260. The maximum atomic E-state index is 12.5. The highest BCUT2D eigenvalue weighted by molar-refractivity contribution is 5.28. The van der Waals surface area contributed by atoms with Gasteiger partial charge in [-0.15, -0.1) is 0 Å². The molecule has 0 fully saturated rings. The summed E-state index contributed by atoms with van der Waals surface area (Å²) in [6.07, 6.45) is -4.31. The summed E-state index contributed by atoms with van der Waals surface area (Å²) in [6, 6.07) is 4.79. The van der Waals surface area contributed by atoms with Crippen LogP contribution in [0.15, 0.2) is 24.3 Å². The summed E-state index contributed by atoms with van der Waals surface area (Å²) in [5, 5.41) is 0. The van der Waals surface area contributed by atoms with Crippen LogP contribution in [0.1, 0.15) is 37.9 Å². The van der Waals surface area contributed by atoms with Gasteiger partial charge in [-0.25, -0.2) is 0 Å². The Morgan fingerprint density at radius 1 is 1.12 bits per heavy atom. The van der Waals surface area contributed by atoms with E-state index in [1.807, 2.05) is 20.8 Å². The molecule has 0 amide bonds. The third-order valence-corrected chi connectivity index (χ3v) is 2.51. The van der Waals surface area contributed by atoms with Gasteiger partial charge in [0, 0.05) is 6.04 Å². The van der Waals surface area contributed by atoms with E-state index < -0.39 is 17.8 Å². The minimum atomic E-state index is -4.31. The normalized spacial score (nSPS) is 14.9. The first-order chi connectivity index (χ1) is 7.12. The van der Waals surface area contributed by atoms with Gasteiger partial charge in [-0.3, -0.25) is 0 Å². The van der Waals surface area contributed by atoms with E-state index in [1.165, 1.54) is 6.07 Å². The smallest absolute Gasteiger partial charge is 0.324 e. The molecule has 1 aromatic rings. The number of halogens is 3. The van der Waals surface area contributed by atoms with Crippen molar-refractivity contribution >= 4 is 0 Å². The fourth-order valence-electron chi connectivity index (χ4n) is 1.41. The average Bonchev–Trinajstić information content (AvgIpc) is 2.14. The third kappa shape index (κ3) is 2.98. The van der Waals surface area contributed by atoms with Gasteiger partial charge in [-0.1, -0.05) is 32.9 Å². The Labute approximate surface area is 93.5 Å². The summed E-state index contributed by atoms with van der Waals surface area (Å²) in [6.45, 7) is 5.70. The standard InChI is InChI=1S/C12H16F3N/c1-11(2,3)10(16)8-5-4-6-9(7-8)12(13,14)15/h4-7,10H,16H2,1-3H3/t10-/m0/s1. The predicted molar refractivity (Wildman–Crippen MR) is 57.8 cm³/mol. The summed E-state index contributed by atoms with van der Waals surface area (Å²) in [5.74, 6) is 0. The molecule has 0 radical (unpaired) electrons. The number of hydrogen-bond acceptors (Lipinski definition) is 1. The molecule has 0 aliphatic heterocycles. The van der Waals surface area contributed by atoms with Gasteiger partial charge in [0.2, 0.25) is 0 Å². The highest BCUT2D eigenvalue weighted by Crippen LogP contribution is 2.34. The van der Waals surface area contributed by atoms with E-state index >= 15 is 0 Å². The molecular formula is C12H16F3N. The minimum Gasteiger partial charge on any atom is -0.324 e. The Morgan fingerprint density at radius 2 is 1.69 bits per heavy atom. The average molecular weight is 231 g/mol. The van der Waals surface area contributed by atoms with E-state index in [0.29, 0.717) is 5.56 Å². The molecule has 0 saturated heterocycles. The lowest BCUT2D eigenvalue weighted by Crippen LogP contribution is -2.26. The van der Waals surface area contributed by atoms with Gasteiger partial charge in [0.25, 0.3) is 0 Å². The van der Waals surface area contributed by atoms with Crippen molar-refractivity contribution in [3.05, 3.63) is 35.4 Å². The second kappa shape index (κ2) is 4.09. The van der Waals surface area contributed by atoms with Crippen molar-refractivity contribution < 1.29 is 13.2 Å². The summed E-state index contributed by atoms with van der Waals surface area (Å²) < 4.78 is 37.5. The fourth-order valence-corrected chi connectivity index (χ4v) is 1.41. The molecule has 0 aromatic heterocycles. The fraction of sp³-hybridized carbons (Fsp3) is 0.500. The summed E-state index contributed by atoms with van der Waals surface area (Å²) in [4.78, 5) is 0. The number of alkyl halides is 3. The van der Waals surface area contributed by atoms with Crippen molar-refractivity contribution in [1.82, 2.24) is 0 Å². The van der Waals surface area contributed by atoms with Crippen LogP contribution < -0.4 is 5.73 Å². The number of benzene rings is 1. The van der Waals surface area contributed by atoms with Gasteiger partial charge in [-0.2, -0.15) is 13.2 Å². The molecule has 0 spiro atoms. The van der Waals surface area contributed by atoms with E-state index in [-0.39, 0.29) is 5.41 Å². The molecule has 0 unspecified atom stereocenters. The lowest BCUT2D eigenvalue weighted by Gasteiger charge is -2.27. The molecule has 0 saturated carbocycles. The van der Waals surface area contributed by atoms with Gasteiger partial charge >= 0.3 is 6.18 Å². The second-order valence-corrected chi connectivity index (χ2v) is 4.97. The first-order valence-electron chi connectivity index (χ1n) is 5.05. The molecule has 0 aliphatic carbocycles. The molecule has 1 nitrogen and oxygen atoms in total. The van der Waals surface area contributed by atoms with E-state index in [2.05, 4.69) is 0 Å². The molecule has 16 heavy (non-hydrogen) atoms. The van der Waals surface area contributed by atoms with E-state index in [0.717, 1.165) is 12.1 Å². The van der Waals surface area contributed by atoms with E-state index in [4.69, 9.17) is 5.73 Å². The summed E-state index contributed by atoms with van der Waals surface area (Å²) >= 11 is 0. The quantitative estimate of drug-likeness (QED) is 0.782. The maximum absolute atomic E-state index is 12.5. The van der Waals surface area contributed by atoms with Crippen molar-refractivity contribution in [3.63, 3.8) is 0 Å². The van der Waals surface area contributed by atoms with Crippen LogP contribution in [0.25, 0.3) is 0 Å². The monoisotopic (exact) mass is 231 g/mol. The van der Waals surface area contributed by atoms with Crippen molar-refractivity contribution in [3.8, 4) is 0 Å². The van der Waals surface area contributed by atoms with Crippen LogP contribution in [-0.2, 0) is 6.18 Å². The molecule has 2 N–H and O–H groups in total. The number of nitrogens with two attached hydrogens (primary N) is 1. The van der Waals surface area contributed by atoms with Crippen molar-refractivity contribution in [2.75, 3.05) is 0 Å². The van der Waals surface area contributed by atoms with Crippen LogP contribution >= 0.6 is 0 Å². The Bertz CT molecular complexity index is 363. The highest BCUT2D eigenvalue weighted by atomic mass is 19.4. The van der Waals surface area contributed by atoms with E-state index in [1.54, 1.807) is 6.07 Å². The second-order valence-electron chi connectivity index (χ2n) is 4.97. The van der Waals surface area contributed by atoms with Crippen LogP contribution in [0, 0.1) is 5.41 Å². The highest BCUT2D eigenvalue weighted by Gasteiger charge is 2.31. The first kappa shape index (κ1) is 13.0. The van der Waals surface area contributed by atoms with Gasteiger partial charge in [0.05, 0.1) is 5.56 Å². The molecule has 0 bridgehead atoms. The van der Waals surface area contributed by atoms with Crippen LogP contribution in [-0.4, -0.2) is 0 Å². The first-order valence-corrected chi connectivity index (χ1v) is 5.05. The van der Waals surface area contributed by atoms with Crippen molar-refractivity contribution in [2.24, 2.45) is 11.1 Å². The van der Waals surface area contributed by atoms with Gasteiger partial charge in [0.1, 0.15) is 0 Å². The van der Waals surface area contributed by atoms with Crippen LogP contribution in [0.3, 0.4) is 0 Å². The lowest BCUT2D eigenvalue weighted by molar-refractivity contribution is -0.137. The topological polar surface area (TPSA) is 26.0 Å². The lowest BCUT2D eigenvalue weighted by atomic mass is 9.83. The number of rotatable bonds is 1. The van der Waals surface area contributed by atoms with Crippen LogP contribution in [0.5, 0.6) is 0 Å². The Kier molecular flexibility index (Phi) is 3.33. The van der Waals surface area contributed by atoms with Crippen LogP contribution in [0.2, 0.25) is 0 Å². The largest absolute Gasteiger partial charge is 0.416 e. The van der Waals surface area contributed by atoms with Gasteiger partial charge in [0.15, 0.2) is 0 Å². The molecule has 1 atom stereocenters. The summed E-state index contributed by atoms with van der Waals surface area (Å²) in [5.41, 5.74) is 5.52. The maximum Gasteiger partial charge on any atom is 0.416 e. The number of hydrogen-bond donors (Lipinski definition) is 1. The molecule has 0 heterocycles. The molecule has 4 heteroatoms.